The number of amides is 2. The molecule has 33 heavy (non-hydrogen) atoms. The Balaban J connectivity index is 1.73. The first-order chi connectivity index (χ1) is 15.2. The fourth-order valence-electron chi connectivity index (χ4n) is 4.36. The second kappa shape index (κ2) is 9.17. The second-order valence-electron chi connectivity index (χ2n) is 9.58. The van der Waals surface area contributed by atoms with Crippen molar-refractivity contribution in [2.45, 2.75) is 57.6 Å². The molecule has 0 radical (unpaired) electrons. The summed E-state index contributed by atoms with van der Waals surface area (Å²) < 4.78 is 26.9. The van der Waals surface area contributed by atoms with Crippen LogP contribution in [0.1, 0.15) is 59.7 Å². The third kappa shape index (κ3) is 5.63. The average Bonchev–Trinajstić information content (AvgIpc) is 2.72. The summed E-state index contributed by atoms with van der Waals surface area (Å²) in [5.41, 5.74) is 12.3. The maximum atomic E-state index is 12.9. The lowest BCUT2D eigenvalue weighted by atomic mass is 9.89. The van der Waals surface area contributed by atoms with Gasteiger partial charge in [-0.1, -0.05) is 0 Å². The van der Waals surface area contributed by atoms with Crippen molar-refractivity contribution < 1.29 is 23.1 Å². The van der Waals surface area contributed by atoms with Gasteiger partial charge < -0.3 is 21.5 Å². The van der Waals surface area contributed by atoms with E-state index < -0.39 is 27.1 Å². The number of aryl methyl sites for hydroxylation is 2. The van der Waals surface area contributed by atoms with Crippen LogP contribution in [0.3, 0.4) is 0 Å². The van der Waals surface area contributed by atoms with E-state index in [9.17, 15) is 23.1 Å². The van der Waals surface area contributed by atoms with Gasteiger partial charge in [-0.25, -0.2) is 8.42 Å². The van der Waals surface area contributed by atoms with Gasteiger partial charge in [-0.2, -0.15) is 4.31 Å². The molecular weight excluding hydrogens is 444 g/mol. The Bertz CT molecular complexity index is 1040. The van der Waals surface area contributed by atoms with E-state index in [1.165, 1.54) is 4.31 Å². The molecule has 2 amide bonds. The van der Waals surface area contributed by atoms with Crippen molar-refractivity contribution in [1.29, 1.82) is 0 Å². The van der Waals surface area contributed by atoms with Crippen molar-refractivity contribution in [3.63, 3.8) is 0 Å². The second-order valence-corrected chi connectivity index (χ2v) is 11.4. The van der Waals surface area contributed by atoms with Crippen LogP contribution in [-0.2, 0) is 14.8 Å². The van der Waals surface area contributed by atoms with Gasteiger partial charge in [0.05, 0.1) is 11.1 Å². The first-order valence-electron chi connectivity index (χ1n) is 11.1. The fourth-order valence-corrected chi connectivity index (χ4v) is 5.53. The highest BCUT2D eigenvalue weighted by Gasteiger charge is 2.38. The minimum absolute atomic E-state index is 0.0899. The van der Waals surface area contributed by atoms with Gasteiger partial charge in [0.1, 0.15) is 0 Å². The van der Waals surface area contributed by atoms with E-state index in [0.717, 1.165) is 22.1 Å². The lowest BCUT2D eigenvalue weighted by molar-refractivity contribution is -0.124. The number of nitrogens with two attached hydrogens (primary N) is 2. The highest BCUT2D eigenvalue weighted by Crippen LogP contribution is 2.26. The number of carbonyl (C=O) groups is 2. The maximum Gasteiger partial charge on any atom is 0.253 e. The molecule has 2 saturated heterocycles. The van der Waals surface area contributed by atoms with E-state index >= 15 is 0 Å². The zero-order valence-electron chi connectivity index (χ0n) is 19.5. The summed E-state index contributed by atoms with van der Waals surface area (Å²) in [5, 5.41) is 11.3. The first-order valence-corrected chi connectivity index (χ1v) is 12.6. The van der Waals surface area contributed by atoms with Gasteiger partial charge in [0.15, 0.2) is 0 Å². The molecule has 0 aromatic heterocycles. The lowest BCUT2D eigenvalue weighted by Gasteiger charge is -2.36. The normalized spacial score (nSPS) is 21.3. The standard InChI is InChI=1S/C23H34N4O5S/c1-16-14-18(20(28)26-9-5-22(3,30)6-10-26)15-17(2)19(16)4-13-33(31,32)27-11-7-23(25,8-12-27)21(24)29/h4,13-15,30H,5-12,25H2,1-3H3,(H2,24,29). The van der Waals surface area contributed by atoms with Crippen molar-refractivity contribution in [3.05, 3.63) is 39.8 Å². The molecule has 0 bridgehead atoms. The number of sulfonamides is 1. The van der Waals surface area contributed by atoms with E-state index in [1.807, 2.05) is 13.8 Å². The van der Waals surface area contributed by atoms with E-state index in [-0.39, 0.29) is 31.8 Å². The van der Waals surface area contributed by atoms with Crippen molar-refractivity contribution in [2.75, 3.05) is 26.2 Å². The van der Waals surface area contributed by atoms with Gasteiger partial charge >= 0.3 is 0 Å². The topological polar surface area (TPSA) is 147 Å². The molecule has 10 heteroatoms. The molecule has 2 aliphatic rings. The van der Waals surface area contributed by atoms with Crippen LogP contribution in [0.25, 0.3) is 6.08 Å². The van der Waals surface area contributed by atoms with Crippen LogP contribution < -0.4 is 11.5 Å². The Kier molecular flexibility index (Phi) is 7.05. The van der Waals surface area contributed by atoms with Gasteiger partial charge in [-0.05, 0) is 81.4 Å². The SMILES string of the molecule is Cc1cc(C(=O)N2CCC(C)(O)CC2)cc(C)c1C=CS(=O)(=O)N1CCC(N)(C(N)=O)CC1. The number of primary amides is 1. The third-order valence-electron chi connectivity index (χ3n) is 6.84. The highest BCUT2D eigenvalue weighted by molar-refractivity contribution is 7.92. The summed E-state index contributed by atoms with van der Waals surface area (Å²) in [6.45, 7) is 6.72. The zero-order valence-corrected chi connectivity index (χ0v) is 20.3. The Morgan fingerprint density at radius 1 is 1.03 bits per heavy atom. The fraction of sp³-hybridized carbons (Fsp3) is 0.565. The number of rotatable bonds is 5. The molecular formula is C23H34N4O5S. The molecule has 5 N–H and O–H groups in total. The van der Waals surface area contributed by atoms with E-state index in [0.29, 0.717) is 31.5 Å². The Morgan fingerprint density at radius 2 is 1.55 bits per heavy atom. The van der Waals surface area contributed by atoms with Crippen LogP contribution >= 0.6 is 0 Å². The third-order valence-corrected chi connectivity index (χ3v) is 8.41. The quantitative estimate of drug-likeness (QED) is 0.572. The number of likely N-dealkylation sites (tertiary alicyclic amines) is 1. The predicted molar refractivity (Wildman–Crippen MR) is 127 cm³/mol. The van der Waals surface area contributed by atoms with Crippen molar-refractivity contribution in [3.8, 4) is 0 Å². The summed E-state index contributed by atoms with van der Waals surface area (Å²) in [5.74, 6) is -0.709. The molecule has 0 aliphatic carbocycles. The molecule has 0 spiro atoms. The van der Waals surface area contributed by atoms with Gasteiger partial charge in [0, 0.05) is 37.2 Å². The smallest absolute Gasteiger partial charge is 0.253 e. The summed E-state index contributed by atoms with van der Waals surface area (Å²) in [7, 11) is -3.70. The molecule has 0 saturated carbocycles. The van der Waals surface area contributed by atoms with Gasteiger partial charge in [-0.15, -0.1) is 0 Å². The number of nitrogens with zero attached hydrogens (tertiary/aromatic N) is 2. The number of piperidine rings is 2. The van der Waals surface area contributed by atoms with Crippen LogP contribution in [0, 0.1) is 13.8 Å². The largest absolute Gasteiger partial charge is 0.390 e. The number of aliphatic hydroxyl groups is 1. The summed E-state index contributed by atoms with van der Waals surface area (Å²) in [4.78, 5) is 26.2. The van der Waals surface area contributed by atoms with Crippen LogP contribution in [0.2, 0.25) is 0 Å². The van der Waals surface area contributed by atoms with Crippen molar-refractivity contribution >= 4 is 27.9 Å². The van der Waals surface area contributed by atoms with Crippen LogP contribution in [-0.4, -0.2) is 71.9 Å². The summed E-state index contributed by atoms with van der Waals surface area (Å²) in [6, 6.07) is 3.54. The molecule has 1 aromatic rings. The molecule has 182 valence electrons. The molecule has 2 fully saturated rings. The predicted octanol–water partition coefficient (Wildman–Crippen LogP) is 0.870. The van der Waals surface area contributed by atoms with Gasteiger partial charge in [0.25, 0.3) is 5.91 Å². The van der Waals surface area contributed by atoms with Gasteiger partial charge in [0.2, 0.25) is 15.9 Å². The van der Waals surface area contributed by atoms with Gasteiger partial charge in [-0.3, -0.25) is 9.59 Å². The molecule has 9 nitrogen and oxygen atoms in total. The monoisotopic (exact) mass is 478 g/mol. The highest BCUT2D eigenvalue weighted by atomic mass is 32.2. The molecule has 0 unspecified atom stereocenters. The molecule has 3 rings (SSSR count). The summed E-state index contributed by atoms with van der Waals surface area (Å²) in [6.07, 6.45) is 2.98. The summed E-state index contributed by atoms with van der Waals surface area (Å²) >= 11 is 0. The number of hydrogen-bond donors (Lipinski definition) is 3. The zero-order chi connectivity index (χ0) is 24.6. The Labute approximate surface area is 195 Å². The van der Waals surface area contributed by atoms with Crippen molar-refractivity contribution in [2.24, 2.45) is 11.5 Å². The Hall–Kier alpha value is -2.27. The number of benzene rings is 1. The van der Waals surface area contributed by atoms with Crippen LogP contribution in [0.15, 0.2) is 17.5 Å². The average molecular weight is 479 g/mol. The molecule has 2 heterocycles. The maximum absolute atomic E-state index is 12.9. The lowest BCUT2D eigenvalue weighted by Crippen LogP contribution is -2.58. The number of hydrogen-bond acceptors (Lipinski definition) is 6. The Morgan fingerprint density at radius 3 is 2.03 bits per heavy atom. The molecule has 0 atom stereocenters. The number of carbonyl (C=O) groups excluding carboxylic acids is 2. The van der Waals surface area contributed by atoms with E-state index in [1.54, 1.807) is 30.0 Å². The van der Waals surface area contributed by atoms with Crippen molar-refractivity contribution in [1.82, 2.24) is 9.21 Å². The minimum Gasteiger partial charge on any atom is -0.390 e. The minimum atomic E-state index is -3.70. The van der Waals surface area contributed by atoms with Crippen LogP contribution in [0.5, 0.6) is 0 Å². The van der Waals surface area contributed by atoms with Crippen LogP contribution in [0.4, 0.5) is 0 Å². The first kappa shape index (κ1) is 25.4. The molecule has 2 aliphatic heterocycles. The van der Waals surface area contributed by atoms with E-state index in [2.05, 4.69) is 0 Å². The molecule has 1 aromatic carbocycles. The van der Waals surface area contributed by atoms with E-state index in [4.69, 9.17) is 11.5 Å².